The number of hydrogen-bond acceptors (Lipinski definition) is 6. The Kier molecular flexibility index (Phi) is 6.07. The fourth-order valence-corrected chi connectivity index (χ4v) is 2.17. The Balaban J connectivity index is 2.76. The van der Waals surface area contributed by atoms with Gasteiger partial charge in [-0.2, -0.15) is 4.39 Å². The molecule has 0 spiro atoms. The molecule has 2 atom stereocenters. The molecular formula is C12H14FNO4S. The lowest BCUT2D eigenvalue weighted by Gasteiger charge is -2.19. The third kappa shape index (κ3) is 4.38. The number of thioether (sulfide) groups is 1. The van der Waals surface area contributed by atoms with Crippen LogP contribution >= 0.6 is 11.8 Å². The van der Waals surface area contributed by atoms with Gasteiger partial charge >= 0.3 is 0 Å². The van der Waals surface area contributed by atoms with Gasteiger partial charge in [-0.3, -0.25) is 9.59 Å². The molecule has 0 aliphatic heterocycles. The molecule has 1 aromatic heterocycles. The Labute approximate surface area is 113 Å². The minimum atomic E-state index is -1.40. The van der Waals surface area contributed by atoms with Crippen molar-refractivity contribution in [3.05, 3.63) is 29.3 Å². The van der Waals surface area contributed by atoms with Crippen LogP contribution in [0.3, 0.4) is 0 Å². The number of hydrogen-bond donors (Lipinski definition) is 2. The average Bonchev–Trinajstić information content (AvgIpc) is 2.37. The number of aromatic nitrogens is 1. The lowest BCUT2D eigenvalue weighted by Crippen LogP contribution is -2.21. The Morgan fingerprint density at radius 3 is 2.84 bits per heavy atom. The van der Waals surface area contributed by atoms with E-state index >= 15 is 0 Å². The minimum Gasteiger partial charge on any atom is -0.390 e. The largest absolute Gasteiger partial charge is 0.390 e. The van der Waals surface area contributed by atoms with Crippen LogP contribution in [0.4, 0.5) is 4.39 Å². The zero-order chi connectivity index (χ0) is 14.4. The zero-order valence-corrected chi connectivity index (χ0v) is 11.1. The Bertz CT molecular complexity index is 469. The molecule has 1 heterocycles. The smallest absolute Gasteiger partial charge is 0.223 e. The van der Waals surface area contributed by atoms with E-state index in [9.17, 15) is 24.2 Å². The molecule has 0 aliphatic carbocycles. The van der Waals surface area contributed by atoms with E-state index in [1.165, 1.54) is 13.0 Å². The predicted molar refractivity (Wildman–Crippen MR) is 68.3 cm³/mol. The van der Waals surface area contributed by atoms with E-state index in [1.807, 2.05) is 0 Å². The fraction of sp³-hybridized carbons (Fsp3) is 0.417. The van der Waals surface area contributed by atoms with Gasteiger partial charge in [0, 0.05) is 18.9 Å². The topological polar surface area (TPSA) is 87.5 Å². The minimum absolute atomic E-state index is 0.0113. The van der Waals surface area contributed by atoms with Crippen molar-refractivity contribution in [1.29, 1.82) is 0 Å². The third-order valence-corrected chi connectivity index (χ3v) is 3.34. The van der Waals surface area contributed by atoms with Crippen LogP contribution in [0.1, 0.15) is 35.4 Å². The first-order valence-electron chi connectivity index (χ1n) is 5.56. The highest BCUT2D eigenvalue weighted by Gasteiger charge is 2.23. The molecule has 0 fully saturated rings. The summed E-state index contributed by atoms with van der Waals surface area (Å²) in [6.45, 7) is 1.40. The van der Waals surface area contributed by atoms with Gasteiger partial charge in [-0.15, -0.1) is 0 Å². The van der Waals surface area contributed by atoms with E-state index in [4.69, 9.17) is 0 Å². The maximum absolute atomic E-state index is 13.2. The summed E-state index contributed by atoms with van der Waals surface area (Å²) in [5.41, 5.74) is -0.379. The summed E-state index contributed by atoms with van der Waals surface area (Å²) in [4.78, 5) is 24.8. The Morgan fingerprint density at radius 2 is 2.26 bits per heavy atom. The highest BCUT2D eigenvalue weighted by atomic mass is 32.2. The maximum atomic E-state index is 13.2. The molecule has 0 aliphatic rings. The average molecular weight is 287 g/mol. The highest BCUT2D eigenvalue weighted by molar-refractivity contribution is 8.13. The van der Waals surface area contributed by atoms with Crippen LogP contribution < -0.4 is 0 Å². The predicted octanol–water partition coefficient (Wildman–Crippen LogP) is 1.10. The van der Waals surface area contributed by atoms with Crippen molar-refractivity contribution in [3.8, 4) is 0 Å². The number of nitrogens with zero attached hydrogens (tertiary/aromatic N) is 1. The van der Waals surface area contributed by atoms with Crippen LogP contribution in [0, 0.1) is 5.95 Å². The quantitative estimate of drug-likeness (QED) is 0.601. The van der Waals surface area contributed by atoms with Crippen LogP contribution in [0.2, 0.25) is 0 Å². The first-order chi connectivity index (χ1) is 8.97. The van der Waals surface area contributed by atoms with Gasteiger partial charge in [0.1, 0.15) is 6.10 Å². The molecule has 0 radical (unpaired) electrons. The standard InChI is InChI=1S/C12H14FNO4S/c1-7(16)19-5-3-10(17)11(18)8-2-4-14-12(13)9(8)6-15/h2,4,6,10-11,17-18H,3,5H2,1H3. The molecule has 19 heavy (non-hydrogen) atoms. The van der Waals surface area contributed by atoms with Crippen molar-refractivity contribution in [2.45, 2.75) is 25.6 Å². The van der Waals surface area contributed by atoms with Gasteiger partial charge in [0.15, 0.2) is 11.4 Å². The van der Waals surface area contributed by atoms with E-state index in [0.29, 0.717) is 5.75 Å². The molecule has 0 saturated heterocycles. The van der Waals surface area contributed by atoms with Crippen molar-refractivity contribution >= 4 is 23.2 Å². The fourth-order valence-electron chi connectivity index (χ4n) is 1.52. The van der Waals surface area contributed by atoms with Gasteiger partial charge < -0.3 is 10.2 Å². The molecule has 2 N–H and O–H groups in total. The first kappa shape index (κ1) is 15.7. The second kappa shape index (κ2) is 7.32. The molecule has 5 nitrogen and oxygen atoms in total. The number of halogens is 1. The van der Waals surface area contributed by atoms with Crippen LogP contribution in [-0.2, 0) is 4.79 Å². The summed E-state index contributed by atoms with van der Waals surface area (Å²) in [7, 11) is 0. The van der Waals surface area contributed by atoms with Crippen molar-refractivity contribution in [2.24, 2.45) is 0 Å². The van der Waals surface area contributed by atoms with E-state index in [2.05, 4.69) is 4.98 Å². The van der Waals surface area contributed by atoms with Crippen LogP contribution in [0.5, 0.6) is 0 Å². The molecule has 1 rings (SSSR count). The number of carbonyl (C=O) groups excluding carboxylic acids is 2. The van der Waals surface area contributed by atoms with E-state index in [0.717, 1.165) is 18.0 Å². The molecule has 0 saturated carbocycles. The Morgan fingerprint density at radius 1 is 1.58 bits per heavy atom. The van der Waals surface area contributed by atoms with Gasteiger partial charge in [-0.1, -0.05) is 11.8 Å². The summed E-state index contributed by atoms with van der Waals surface area (Å²) < 4.78 is 13.2. The molecular weight excluding hydrogens is 273 g/mol. The number of carbonyl (C=O) groups is 2. The summed E-state index contributed by atoms with van der Waals surface area (Å²) >= 11 is 1.02. The Hall–Kier alpha value is -1.31. The molecule has 0 amide bonds. The number of aliphatic hydroxyl groups excluding tert-OH is 2. The van der Waals surface area contributed by atoms with Crippen molar-refractivity contribution in [1.82, 2.24) is 4.98 Å². The number of rotatable bonds is 6. The maximum Gasteiger partial charge on any atom is 0.223 e. The number of pyridine rings is 1. The van der Waals surface area contributed by atoms with Crippen molar-refractivity contribution in [3.63, 3.8) is 0 Å². The van der Waals surface area contributed by atoms with Gasteiger partial charge in [-0.05, 0) is 18.1 Å². The summed E-state index contributed by atoms with van der Waals surface area (Å²) in [6, 6.07) is 1.28. The van der Waals surface area contributed by atoms with E-state index in [-0.39, 0.29) is 28.9 Å². The SMILES string of the molecule is CC(=O)SCCC(O)C(O)c1ccnc(F)c1C=O. The lowest BCUT2D eigenvalue weighted by molar-refractivity contribution is -0.109. The number of aliphatic hydroxyl groups is 2. The molecule has 7 heteroatoms. The van der Waals surface area contributed by atoms with Gasteiger partial charge in [0.25, 0.3) is 0 Å². The van der Waals surface area contributed by atoms with E-state index in [1.54, 1.807) is 0 Å². The van der Waals surface area contributed by atoms with Crippen LogP contribution in [-0.4, -0.2) is 38.5 Å². The zero-order valence-electron chi connectivity index (χ0n) is 10.2. The molecule has 2 unspecified atom stereocenters. The summed E-state index contributed by atoms with van der Waals surface area (Å²) in [6.07, 6.45) is -1.08. The van der Waals surface area contributed by atoms with E-state index < -0.39 is 18.2 Å². The molecule has 0 bridgehead atoms. The van der Waals surface area contributed by atoms with Crippen LogP contribution in [0.15, 0.2) is 12.3 Å². The van der Waals surface area contributed by atoms with Crippen molar-refractivity contribution in [2.75, 3.05) is 5.75 Å². The second-order valence-corrected chi connectivity index (χ2v) is 5.14. The van der Waals surface area contributed by atoms with Gasteiger partial charge in [0.2, 0.25) is 5.95 Å². The number of aldehydes is 1. The first-order valence-corrected chi connectivity index (χ1v) is 6.55. The highest BCUT2D eigenvalue weighted by Crippen LogP contribution is 2.23. The monoisotopic (exact) mass is 287 g/mol. The van der Waals surface area contributed by atoms with Gasteiger partial charge in [0.05, 0.1) is 11.7 Å². The van der Waals surface area contributed by atoms with Crippen LogP contribution in [0.25, 0.3) is 0 Å². The lowest BCUT2D eigenvalue weighted by atomic mass is 9.99. The summed E-state index contributed by atoms with van der Waals surface area (Å²) in [5.74, 6) is -0.658. The molecule has 104 valence electrons. The third-order valence-electron chi connectivity index (χ3n) is 2.50. The second-order valence-electron chi connectivity index (χ2n) is 3.86. The van der Waals surface area contributed by atoms with Gasteiger partial charge in [-0.25, -0.2) is 4.98 Å². The molecule has 0 aromatic carbocycles. The van der Waals surface area contributed by atoms with Crippen molar-refractivity contribution < 1.29 is 24.2 Å². The normalized spacial score (nSPS) is 13.9. The summed E-state index contributed by atoms with van der Waals surface area (Å²) in [5, 5.41) is 19.6. The molecule has 1 aromatic rings.